The van der Waals surface area contributed by atoms with E-state index in [0.29, 0.717) is 35.9 Å². The number of nitrogens with zero attached hydrogens (tertiary/aromatic N) is 5. The second-order valence-corrected chi connectivity index (χ2v) is 15.9. The molecule has 0 bridgehead atoms. The Morgan fingerprint density at radius 2 is 1.70 bits per heavy atom. The normalized spacial score (nSPS) is 23.3. The summed E-state index contributed by atoms with van der Waals surface area (Å²) < 4.78 is 12.1. The molecule has 0 saturated heterocycles. The lowest BCUT2D eigenvalue weighted by Gasteiger charge is -2.37. The Hall–Kier alpha value is -4.56. The number of fused-ring (bicyclic) bond motifs is 2. The molecular weight excluding hydrogens is 717 g/mol. The molecule has 4 amide bonds. The minimum Gasteiger partial charge on any atom is -0.406 e. The zero-order valence-corrected chi connectivity index (χ0v) is 32.5. The summed E-state index contributed by atoms with van der Waals surface area (Å²) in [5.41, 5.74) is -1.63. The maximum absolute atomic E-state index is 13.6. The van der Waals surface area contributed by atoms with Crippen molar-refractivity contribution in [2.24, 2.45) is 28.1 Å². The molecule has 2 saturated carbocycles. The van der Waals surface area contributed by atoms with Crippen LogP contribution in [0.1, 0.15) is 52.5 Å². The zero-order chi connectivity index (χ0) is 39.4. The monoisotopic (exact) mass is 764 g/mol. The van der Waals surface area contributed by atoms with Crippen molar-refractivity contribution in [2.45, 2.75) is 47.5 Å². The number of thiazole rings is 1. The van der Waals surface area contributed by atoms with Gasteiger partial charge in [0.25, 0.3) is 11.8 Å². The highest BCUT2D eigenvalue weighted by molar-refractivity contribution is 7.19. The quantitative estimate of drug-likeness (QED) is 0.118. The molecule has 2 aliphatic carbocycles. The third kappa shape index (κ3) is 7.81. The molecule has 2 aromatic rings. The van der Waals surface area contributed by atoms with E-state index in [-0.39, 0.29) is 81.7 Å². The van der Waals surface area contributed by atoms with Crippen LogP contribution in [-0.2, 0) is 38.2 Å². The average molecular weight is 765 g/mol. The Bertz CT molecular complexity index is 1870. The number of ether oxygens (including phenoxy) is 2. The number of rotatable bonds is 20. The SMILES string of the molecule is CC1C(=O)C(C)[C@@]2(C(C)(C)CC(=O)N(C)CCN(CCOCCOCCC(=O)NCCN3C(=O)C=CC3=O)Oc3ccc4nc(C#N)sc4c3)C(=O)C12C. The number of hydrogen-bond donors (Lipinski definition) is 1. The molecule has 1 N–H and O–H groups in total. The fraction of sp³-hybridized carbons (Fsp3) is 0.579. The first kappa shape index (κ1) is 40.6. The average Bonchev–Trinajstić information content (AvgIpc) is 3.40. The lowest BCUT2D eigenvalue weighted by molar-refractivity contribution is -0.138. The molecule has 1 aliphatic heterocycles. The zero-order valence-electron chi connectivity index (χ0n) is 31.6. The number of nitrogens with one attached hydrogen (secondary N) is 1. The van der Waals surface area contributed by atoms with Crippen LogP contribution in [0.15, 0.2) is 30.4 Å². The van der Waals surface area contributed by atoms with Gasteiger partial charge < -0.3 is 24.5 Å². The number of hydroxylamine groups is 2. The summed E-state index contributed by atoms with van der Waals surface area (Å²) >= 11 is 1.26. The van der Waals surface area contributed by atoms with Crippen LogP contribution in [0.3, 0.4) is 0 Å². The largest absolute Gasteiger partial charge is 0.406 e. The van der Waals surface area contributed by atoms with Gasteiger partial charge >= 0.3 is 0 Å². The molecule has 3 aliphatic rings. The van der Waals surface area contributed by atoms with Crippen LogP contribution in [0, 0.1) is 39.4 Å². The molecule has 54 heavy (non-hydrogen) atoms. The number of aromatic nitrogens is 1. The van der Waals surface area contributed by atoms with Gasteiger partial charge in [-0.1, -0.05) is 34.6 Å². The molecule has 16 heteroatoms. The van der Waals surface area contributed by atoms with Gasteiger partial charge in [0.2, 0.25) is 11.8 Å². The van der Waals surface area contributed by atoms with Crippen LogP contribution >= 0.6 is 11.3 Å². The summed E-state index contributed by atoms with van der Waals surface area (Å²) in [6, 6.07) is 7.40. The van der Waals surface area contributed by atoms with Crippen LogP contribution in [0.5, 0.6) is 5.75 Å². The molecule has 15 nitrogen and oxygen atoms in total. The van der Waals surface area contributed by atoms with E-state index in [0.717, 1.165) is 9.60 Å². The van der Waals surface area contributed by atoms with Crippen molar-refractivity contribution in [3.63, 3.8) is 0 Å². The Balaban J connectivity index is 1.08. The van der Waals surface area contributed by atoms with Crippen molar-refractivity contribution in [1.82, 2.24) is 25.2 Å². The second kappa shape index (κ2) is 16.4. The molecule has 1 aromatic heterocycles. The van der Waals surface area contributed by atoms with E-state index in [2.05, 4.69) is 16.4 Å². The number of amides is 4. The highest BCUT2D eigenvalue weighted by atomic mass is 32.1. The number of imide groups is 1. The lowest BCUT2D eigenvalue weighted by atomic mass is 9.65. The molecule has 5 rings (SSSR count). The minimum absolute atomic E-state index is 0.0750. The Morgan fingerprint density at radius 3 is 2.37 bits per heavy atom. The first-order chi connectivity index (χ1) is 25.6. The number of nitriles is 1. The van der Waals surface area contributed by atoms with E-state index in [1.165, 1.54) is 23.5 Å². The van der Waals surface area contributed by atoms with Gasteiger partial charge in [0.15, 0.2) is 5.01 Å². The first-order valence-corrected chi connectivity index (χ1v) is 18.9. The third-order valence-electron chi connectivity index (χ3n) is 11.3. The summed E-state index contributed by atoms with van der Waals surface area (Å²) in [5, 5.41) is 14.0. The van der Waals surface area contributed by atoms with Crippen molar-refractivity contribution >= 4 is 56.7 Å². The molecule has 2 fully saturated rings. The Kier molecular flexibility index (Phi) is 12.4. The van der Waals surface area contributed by atoms with Gasteiger partial charge in [0.05, 0.1) is 60.6 Å². The molecule has 1 aromatic carbocycles. The van der Waals surface area contributed by atoms with Crippen molar-refractivity contribution in [2.75, 3.05) is 66.2 Å². The summed E-state index contributed by atoms with van der Waals surface area (Å²) in [7, 11) is 1.71. The molecule has 290 valence electrons. The van der Waals surface area contributed by atoms with Crippen LogP contribution < -0.4 is 10.2 Å². The molecular formula is C38H48N6O9S. The van der Waals surface area contributed by atoms with Gasteiger partial charge in [-0.15, -0.1) is 16.4 Å². The van der Waals surface area contributed by atoms with E-state index in [1.807, 2.05) is 34.6 Å². The van der Waals surface area contributed by atoms with Gasteiger partial charge in [-0.2, -0.15) is 5.26 Å². The smallest absolute Gasteiger partial charge is 0.253 e. The summed E-state index contributed by atoms with van der Waals surface area (Å²) in [4.78, 5) is 88.3. The van der Waals surface area contributed by atoms with E-state index >= 15 is 0 Å². The van der Waals surface area contributed by atoms with E-state index in [1.54, 1.807) is 35.2 Å². The number of Topliss-reactive ketones (excluding diaryl/α,β-unsaturated/α-hetero) is 2. The summed E-state index contributed by atoms with van der Waals surface area (Å²) in [6.07, 6.45) is 2.61. The van der Waals surface area contributed by atoms with Crippen molar-refractivity contribution in [3.05, 3.63) is 35.4 Å². The van der Waals surface area contributed by atoms with Gasteiger partial charge in [0, 0.05) is 69.6 Å². The topological polar surface area (TPSA) is 189 Å². The van der Waals surface area contributed by atoms with Gasteiger partial charge in [-0.3, -0.25) is 33.7 Å². The van der Waals surface area contributed by atoms with Crippen LogP contribution in [0.2, 0.25) is 0 Å². The maximum Gasteiger partial charge on any atom is 0.253 e. The minimum atomic E-state index is -0.854. The van der Waals surface area contributed by atoms with Crippen molar-refractivity contribution in [3.8, 4) is 11.8 Å². The molecule has 0 radical (unpaired) electrons. The fourth-order valence-electron chi connectivity index (χ4n) is 8.29. The van der Waals surface area contributed by atoms with Gasteiger partial charge in [-0.25, -0.2) is 4.98 Å². The fourth-order valence-corrected chi connectivity index (χ4v) is 9.09. The highest BCUT2D eigenvalue weighted by Crippen LogP contribution is 2.79. The number of carbonyl (C=O) groups is 6. The van der Waals surface area contributed by atoms with Crippen LogP contribution in [0.25, 0.3) is 10.2 Å². The van der Waals surface area contributed by atoms with Gasteiger partial charge in [-0.05, 0) is 17.5 Å². The molecule has 4 atom stereocenters. The molecule has 3 unspecified atom stereocenters. The number of carbonyl (C=O) groups excluding carboxylic acids is 6. The summed E-state index contributed by atoms with van der Waals surface area (Å²) in [6.45, 7) is 11.5. The highest BCUT2D eigenvalue weighted by Gasteiger charge is 2.88. The maximum atomic E-state index is 13.6. The van der Waals surface area contributed by atoms with E-state index < -0.39 is 34.0 Å². The summed E-state index contributed by atoms with van der Waals surface area (Å²) in [5.74, 6) is -1.32. The van der Waals surface area contributed by atoms with E-state index in [4.69, 9.17) is 14.3 Å². The second-order valence-electron chi connectivity index (χ2n) is 14.8. The number of ketones is 2. The van der Waals surface area contributed by atoms with E-state index in [9.17, 15) is 34.0 Å². The lowest BCUT2D eigenvalue weighted by Crippen LogP contribution is -2.43. The third-order valence-corrected chi connectivity index (χ3v) is 12.2. The number of hydrogen-bond acceptors (Lipinski definition) is 13. The standard InChI is InChI=1S/C38H48N6O9S/c1-24-34(49)25(2)38(35(50)37(24,38)5)36(3,4)22-33(48)42(6)14-15-43(53-26-7-8-27-28(21-26)54-30(23-39)41-27)16-18-52-20-19-51-17-11-29(45)40-12-13-44-31(46)9-10-32(44)47/h7-10,21,24-25H,11-20,22H2,1-6H3,(H,40,45)/t24?,25?,37?,38-/m0/s1. The predicted molar refractivity (Wildman–Crippen MR) is 197 cm³/mol. The molecule has 2 heterocycles. The van der Waals surface area contributed by atoms with Crippen molar-refractivity contribution in [1.29, 1.82) is 5.26 Å². The van der Waals surface area contributed by atoms with Crippen LogP contribution in [-0.4, -0.2) is 121 Å². The first-order valence-electron chi connectivity index (χ1n) is 18.1. The number of benzene rings is 1. The molecule has 0 spiro atoms. The van der Waals surface area contributed by atoms with Crippen molar-refractivity contribution < 1.29 is 43.1 Å². The Morgan fingerprint density at radius 1 is 1.02 bits per heavy atom. The Labute approximate surface area is 318 Å². The van der Waals surface area contributed by atoms with Gasteiger partial charge in [0.1, 0.15) is 23.4 Å². The van der Waals surface area contributed by atoms with Crippen LogP contribution in [0.4, 0.5) is 0 Å². The predicted octanol–water partition coefficient (Wildman–Crippen LogP) is 2.53. The number of likely N-dealkylation sites (N-methyl/N-ethyl adjacent to an activating group) is 1.